The highest BCUT2D eigenvalue weighted by atomic mass is 16.5. The van der Waals surface area contributed by atoms with Crippen LogP contribution in [0.2, 0.25) is 0 Å². The number of aliphatic hydroxyl groups excluding tert-OH is 1. The van der Waals surface area contributed by atoms with Gasteiger partial charge in [-0.2, -0.15) is 0 Å². The summed E-state index contributed by atoms with van der Waals surface area (Å²) in [4.78, 5) is 21.9. The molecule has 0 aromatic rings. The van der Waals surface area contributed by atoms with Crippen molar-refractivity contribution in [1.82, 2.24) is 5.32 Å². The van der Waals surface area contributed by atoms with Crippen molar-refractivity contribution in [3.05, 3.63) is 0 Å². The molecule has 0 saturated heterocycles. The van der Waals surface area contributed by atoms with Crippen molar-refractivity contribution in [1.29, 1.82) is 0 Å². The van der Waals surface area contributed by atoms with Crippen molar-refractivity contribution in [2.24, 2.45) is 0 Å². The molecule has 0 aromatic carbocycles. The van der Waals surface area contributed by atoms with Crippen LogP contribution in [0.3, 0.4) is 0 Å². The number of aliphatic hydroxyl groups is 1. The van der Waals surface area contributed by atoms with Gasteiger partial charge in [-0.15, -0.1) is 0 Å². The number of amides is 1. The molecule has 13 heavy (non-hydrogen) atoms. The van der Waals surface area contributed by atoms with E-state index in [9.17, 15) is 9.59 Å². The number of rotatable bonds is 5. The Labute approximate surface area is 77.1 Å². The Morgan fingerprint density at radius 2 is 2.15 bits per heavy atom. The lowest BCUT2D eigenvalue weighted by Gasteiger charge is -2.11. The van der Waals surface area contributed by atoms with Crippen LogP contribution in [0.1, 0.15) is 20.3 Å². The lowest BCUT2D eigenvalue weighted by atomic mass is 10.3. The first-order valence-corrected chi connectivity index (χ1v) is 4.18. The van der Waals surface area contributed by atoms with Gasteiger partial charge in [-0.3, -0.25) is 4.79 Å². The molecule has 0 saturated carbocycles. The molecular formula is C8H15NO4. The predicted octanol–water partition coefficient (Wildman–Crippen LogP) is -0.563. The molecule has 5 heteroatoms. The number of carbonyl (C=O) groups is 2. The van der Waals surface area contributed by atoms with Gasteiger partial charge in [-0.25, -0.2) is 4.79 Å². The minimum absolute atomic E-state index is 0.00372. The largest absolute Gasteiger partial charge is 0.464 e. The summed E-state index contributed by atoms with van der Waals surface area (Å²) >= 11 is 0. The highest BCUT2D eigenvalue weighted by Gasteiger charge is 2.15. The normalized spacial score (nSPS) is 11.9. The van der Waals surface area contributed by atoms with Crippen LogP contribution >= 0.6 is 0 Å². The Hall–Kier alpha value is -1.10. The van der Waals surface area contributed by atoms with E-state index in [0.717, 1.165) is 0 Å². The Kier molecular flexibility index (Phi) is 5.88. The molecule has 76 valence electrons. The number of ether oxygens (including phenoxy) is 1. The van der Waals surface area contributed by atoms with Gasteiger partial charge in [0, 0.05) is 6.42 Å². The molecule has 0 heterocycles. The Morgan fingerprint density at radius 1 is 1.54 bits per heavy atom. The number of esters is 1. The third-order valence-electron chi connectivity index (χ3n) is 1.36. The van der Waals surface area contributed by atoms with Crippen LogP contribution in [0.5, 0.6) is 0 Å². The van der Waals surface area contributed by atoms with E-state index in [2.05, 4.69) is 10.1 Å². The third-order valence-corrected chi connectivity index (χ3v) is 1.36. The van der Waals surface area contributed by atoms with Crippen LogP contribution in [0.4, 0.5) is 0 Å². The Bertz CT molecular complexity index is 181. The zero-order valence-corrected chi connectivity index (χ0v) is 7.87. The zero-order chi connectivity index (χ0) is 10.3. The summed E-state index contributed by atoms with van der Waals surface area (Å²) in [6, 6.07) is -0.654. The van der Waals surface area contributed by atoms with Crippen LogP contribution in [0, 0.1) is 0 Å². The summed E-state index contributed by atoms with van der Waals surface area (Å²) in [5.74, 6) is -0.822. The number of hydrogen-bond donors (Lipinski definition) is 2. The van der Waals surface area contributed by atoms with Crippen molar-refractivity contribution in [3.8, 4) is 0 Å². The molecule has 1 atom stereocenters. The SMILES string of the molecule is CCOC(=O)[C@H](C)NC(=O)CCO. The van der Waals surface area contributed by atoms with Crippen LogP contribution in [-0.2, 0) is 14.3 Å². The fraction of sp³-hybridized carbons (Fsp3) is 0.750. The van der Waals surface area contributed by atoms with E-state index in [4.69, 9.17) is 5.11 Å². The zero-order valence-electron chi connectivity index (χ0n) is 7.87. The molecule has 0 radical (unpaired) electrons. The molecule has 0 unspecified atom stereocenters. The monoisotopic (exact) mass is 189 g/mol. The summed E-state index contributed by atoms with van der Waals surface area (Å²) in [5, 5.41) is 10.8. The van der Waals surface area contributed by atoms with Gasteiger partial charge in [0.1, 0.15) is 6.04 Å². The predicted molar refractivity (Wildman–Crippen MR) is 45.9 cm³/mol. The summed E-state index contributed by atoms with van der Waals surface area (Å²) in [5.41, 5.74) is 0. The second-order valence-electron chi connectivity index (χ2n) is 2.51. The van der Waals surface area contributed by atoms with Crippen LogP contribution in [0.15, 0.2) is 0 Å². The number of nitrogens with one attached hydrogen (secondary N) is 1. The van der Waals surface area contributed by atoms with E-state index in [1.807, 2.05) is 0 Å². The Balaban J connectivity index is 3.78. The third kappa shape index (κ3) is 5.19. The van der Waals surface area contributed by atoms with Crippen molar-refractivity contribution in [2.45, 2.75) is 26.3 Å². The van der Waals surface area contributed by atoms with Gasteiger partial charge in [0.25, 0.3) is 0 Å². The molecule has 5 nitrogen and oxygen atoms in total. The molecule has 0 aliphatic carbocycles. The topological polar surface area (TPSA) is 75.6 Å². The summed E-state index contributed by atoms with van der Waals surface area (Å²) in [7, 11) is 0. The number of carbonyl (C=O) groups excluding carboxylic acids is 2. The smallest absolute Gasteiger partial charge is 0.328 e. The molecule has 0 rings (SSSR count). The van der Waals surface area contributed by atoms with Gasteiger partial charge in [-0.1, -0.05) is 0 Å². The van der Waals surface area contributed by atoms with Gasteiger partial charge < -0.3 is 15.2 Å². The molecule has 0 aliphatic rings. The van der Waals surface area contributed by atoms with Crippen molar-refractivity contribution < 1.29 is 19.4 Å². The molecule has 0 aliphatic heterocycles. The van der Waals surface area contributed by atoms with E-state index in [1.165, 1.54) is 6.92 Å². The molecule has 0 bridgehead atoms. The lowest BCUT2D eigenvalue weighted by molar-refractivity contribution is -0.146. The number of hydrogen-bond acceptors (Lipinski definition) is 4. The average Bonchev–Trinajstić information content (AvgIpc) is 2.05. The van der Waals surface area contributed by atoms with Gasteiger partial charge in [0.15, 0.2) is 0 Å². The van der Waals surface area contributed by atoms with Crippen molar-refractivity contribution in [3.63, 3.8) is 0 Å². The molecule has 0 fully saturated rings. The van der Waals surface area contributed by atoms with Crippen LogP contribution in [-0.4, -0.2) is 36.2 Å². The maximum atomic E-state index is 11.0. The maximum Gasteiger partial charge on any atom is 0.328 e. The molecule has 2 N–H and O–H groups in total. The van der Waals surface area contributed by atoms with Gasteiger partial charge >= 0.3 is 5.97 Å². The molecule has 1 amide bonds. The van der Waals surface area contributed by atoms with E-state index < -0.39 is 12.0 Å². The average molecular weight is 189 g/mol. The lowest BCUT2D eigenvalue weighted by Crippen LogP contribution is -2.39. The van der Waals surface area contributed by atoms with Crippen molar-refractivity contribution in [2.75, 3.05) is 13.2 Å². The summed E-state index contributed by atoms with van der Waals surface area (Å²) < 4.78 is 4.67. The fourth-order valence-corrected chi connectivity index (χ4v) is 0.741. The highest BCUT2D eigenvalue weighted by molar-refractivity contribution is 5.84. The summed E-state index contributed by atoms with van der Waals surface area (Å²) in [6.45, 7) is 3.30. The molecular weight excluding hydrogens is 174 g/mol. The van der Waals surface area contributed by atoms with Gasteiger partial charge in [0.2, 0.25) is 5.91 Å². The van der Waals surface area contributed by atoms with Crippen LogP contribution < -0.4 is 5.32 Å². The Morgan fingerprint density at radius 3 is 2.62 bits per heavy atom. The molecule has 0 aromatic heterocycles. The van der Waals surface area contributed by atoms with Gasteiger partial charge in [-0.05, 0) is 13.8 Å². The van der Waals surface area contributed by atoms with E-state index >= 15 is 0 Å². The minimum atomic E-state index is -0.654. The minimum Gasteiger partial charge on any atom is -0.464 e. The maximum absolute atomic E-state index is 11.0. The first kappa shape index (κ1) is 11.9. The first-order valence-electron chi connectivity index (χ1n) is 4.18. The van der Waals surface area contributed by atoms with Crippen molar-refractivity contribution >= 4 is 11.9 Å². The van der Waals surface area contributed by atoms with E-state index in [-0.39, 0.29) is 18.9 Å². The second-order valence-corrected chi connectivity index (χ2v) is 2.51. The second kappa shape index (κ2) is 6.42. The first-order chi connectivity index (χ1) is 6.11. The molecule has 0 spiro atoms. The van der Waals surface area contributed by atoms with E-state index in [1.54, 1.807) is 6.92 Å². The fourth-order valence-electron chi connectivity index (χ4n) is 0.741. The van der Waals surface area contributed by atoms with E-state index in [0.29, 0.717) is 6.61 Å². The standard InChI is InChI=1S/C8H15NO4/c1-3-13-8(12)6(2)9-7(11)4-5-10/h6,10H,3-5H2,1-2H3,(H,9,11)/t6-/m0/s1. The highest BCUT2D eigenvalue weighted by Crippen LogP contribution is 1.89. The quantitative estimate of drug-likeness (QED) is 0.568. The van der Waals surface area contributed by atoms with Crippen LogP contribution in [0.25, 0.3) is 0 Å². The van der Waals surface area contributed by atoms with Gasteiger partial charge in [0.05, 0.1) is 13.2 Å². The summed E-state index contributed by atoms with van der Waals surface area (Å²) in [6.07, 6.45) is 0.00372.